The van der Waals surface area contributed by atoms with Crippen molar-refractivity contribution in [2.24, 2.45) is 7.05 Å². The Balaban J connectivity index is 2.09. The molecular formula is C19H27BrN4O. The third kappa shape index (κ3) is 3.81. The molecule has 1 aromatic carbocycles. The third-order valence-electron chi connectivity index (χ3n) is 4.96. The zero-order chi connectivity index (χ0) is 18.1. The summed E-state index contributed by atoms with van der Waals surface area (Å²) in [7, 11) is 1.85. The Morgan fingerprint density at radius 3 is 2.64 bits per heavy atom. The van der Waals surface area contributed by atoms with Crippen molar-refractivity contribution < 1.29 is 0 Å². The normalized spacial score (nSPS) is 23.1. The van der Waals surface area contributed by atoms with Gasteiger partial charge in [0.2, 0.25) is 0 Å². The molecule has 6 heteroatoms. The maximum atomic E-state index is 12.9. The first-order valence-electron chi connectivity index (χ1n) is 9.07. The number of nitrogens with zero attached hydrogens (tertiary/aromatic N) is 3. The van der Waals surface area contributed by atoms with E-state index >= 15 is 0 Å². The average Bonchev–Trinajstić information content (AvgIpc) is 2.55. The fourth-order valence-corrected chi connectivity index (χ4v) is 4.28. The van der Waals surface area contributed by atoms with Gasteiger partial charge in [0.25, 0.3) is 5.56 Å². The molecule has 0 saturated carbocycles. The summed E-state index contributed by atoms with van der Waals surface area (Å²) in [6, 6.07) is 6.73. The van der Waals surface area contributed by atoms with Gasteiger partial charge in [0.1, 0.15) is 5.82 Å². The topological polar surface area (TPSA) is 50.2 Å². The van der Waals surface area contributed by atoms with Crippen LogP contribution in [0.5, 0.6) is 0 Å². The van der Waals surface area contributed by atoms with Crippen LogP contribution in [0, 0.1) is 0 Å². The second kappa shape index (κ2) is 7.56. The van der Waals surface area contributed by atoms with Crippen molar-refractivity contribution in [3.63, 3.8) is 0 Å². The van der Waals surface area contributed by atoms with E-state index in [1.54, 1.807) is 4.57 Å². The number of fused-ring (bicyclic) bond motifs is 1. The molecule has 1 aliphatic rings. The van der Waals surface area contributed by atoms with Gasteiger partial charge in [-0.15, -0.1) is 0 Å². The molecule has 136 valence electrons. The van der Waals surface area contributed by atoms with Gasteiger partial charge in [-0.1, -0.05) is 29.3 Å². The molecule has 1 saturated heterocycles. The Hall–Kier alpha value is -1.24. The summed E-state index contributed by atoms with van der Waals surface area (Å²) in [4.78, 5) is 20.3. The van der Waals surface area contributed by atoms with Crippen LogP contribution in [0.25, 0.3) is 10.9 Å². The van der Waals surface area contributed by atoms with Gasteiger partial charge in [0.15, 0.2) is 0 Å². The van der Waals surface area contributed by atoms with Crippen LogP contribution in [0.4, 0.5) is 0 Å². The van der Waals surface area contributed by atoms with Gasteiger partial charge < -0.3 is 5.32 Å². The Labute approximate surface area is 157 Å². The molecule has 25 heavy (non-hydrogen) atoms. The fraction of sp³-hybridized carbons (Fsp3) is 0.579. The highest BCUT2D eigenvalue weighted by molar-refractivity contribution is 9.10. The lowest BCUT2D eigenvalue weighted by Gasteiger charge is -2.41. The second-order valence-corrected chi connectivity index (χ2v) is 8.14. The molecule has 3 atom stereocenters. The first-order valence-corrected chi connectivity index (χ1v) is 9.86. The maximum Gasteiger partial charge on any atom is 0.261 e. The van der Waals surface area contributed by atoms with Crippen molar-refractivity contribution in [2.75, 3.05) is 13.1 Å². The molecule has 0 bridgehead atoms. The highest BCUT2D eigenvalue weighted by Gasteiger charge is 2.30. The predicted molar refractivity (Wildman–Crippen MR) is 106 cm³/mol. The molecule has 0 aliphatic carbocycles. The van der Waals surface area contributed by atoms with E-state index in [4.69, 9.17) is 4.98 Å². The lowest BCUT2D eigenvalue weighted by atomic mass is 10.0. The van der Waals surface area contributed by atoms with E-state index in [-0.39, 0.29) is 11.6 Å². The molecular weight excluding hydrogens is 380 g/mol. The second-order valence-electron chi connectivity index (χ2n) is 7.22. The molecule has 5 nitrogen and oxygen atoms in total. The SMILES string of the molecule is CCCC(c1nc2cc(Br)ccc2c(=O)n1C)N1C[C@@H](C)N[C@@H](C)C1. The van der Waals surface area contributed by atoms with Crippen LogP contribution >= 0.6 is 15.9 Å². The Bertz CT molecular complexity index is 809. The van der Waals surface area contributed by atoms with Gasteiger partial charge in [0, 0.05) is 36.7 Å². The van der Waals surface area contributed by atoms with E-state index < -0.39 is 0 Å². The van der Waals surface area contributed by atoms with Crippen LogP contribution < -0.4 is 10.9 Å². The molecule has 2 heterocycles. The predicted octanol–water partition coefficient (Wildman–Crippen LogP) is 3.22. The van der Waals surface area contributed by atoms with Crippen molar-refractivity contribution in [3.05, 3.63) is 38.9 Å². The first-order chi connectivity index (χ1) is 11.9. The molecule has 1 aromatic heterocycles. The number of nitrogens with one attached hydrogen (secondary N) is 1. The molecule has 1 fully saturated rings. The number of piperazine rings is 1. The zero-order valence-corrected chi connectivity index (χ0v) is 17.0. The van der Waals surface area contributed by atoms with Crippen LogP contribution in [0.2, 0.25) is 0 Å². The summed E-state index contributed by atoms with van der Waals surface area (Å²) in [5, 5.41) is 4.26. The number of halogens is 1. The van der Waals surface area contributed by atoms with Crippen LogP contribution in [0.3, 0.4) is 0 Å². The van der Waals surface area contributed by atoms with Crippen molar-refractivity contribution in [1.29, 1.82) is 0 Å². The summed E-state index contributed by atoms with van der Waals surface area (Å²) < 4.78 is 2.69. The fourth-order valence-electron chi connectivity index (χ4n) is 3.93. The van der Waals surface area contributed by atoms with Gasteiger partial charge in [0.05, 0.1) is 16.9 Å². The maximum absolute atomic E-state index is 12.9. The number of hydrogen-bond donors (Lipinski definition) is 1. The summed E-state index contributed by atoms with van der Waals surface area (Å²) >= 11 is 3.49. The van der Waals surface area contributed by atoms with E-state index in [9.17, 15) is 4.79 Å². The molecule has 1 aliphatic heterocycles. The molecule has 3 rings (SSSR count). The molecule has 0 spiro atoms. The average molecular weight is 407 g/mol. The molecule has 1 N–H and O–H groups in total. The van der Waals surface area contributed by atoms with Gasteiger partial charge >= 0.3 is 0 Å². The van der Waals surface area contributed by atoms with Gasteiger partial charge in [-0.3, -0.25) is 14.3 Å². The minimum atomic E-state index is 0.0323. The van der Waals surface area contributed by atoms with Crippen LogP contribution in [-0.2, 0) is 7.05 Å². The van der Waals surface area contributed by atoms with Gasteiger partial charge in [-0.05, 0) is 38.5 Å². The van der Waals surface area contributed by atoms with Crippen molar-refractivity contribution in [3.8, 4) is 0 Å². The number of hydrogen-bond acceptors (Lipinski definition) is 4. The standard InChI is InChI=1S/C19H27BrN4O/c1-5-6-17(24-10-12(2)21-13(3)11-24)18-22-16-9-14(20)7-8-15(16)19(25)23(18)4/h7-9,12-13,17,21H,5-6,10-11H2,1-4H3/t12-,13+,17?. The molecule has 1 unspecified atom stereocenters. The summed E-state index contributed by atoms with van der Waals surface area (Å²) in [5.74, 6) is 0.874. The van der Waals surface area contributed by atoms with Crippen LogP contribution in [0.1, 0.15) is 45.5 Å². The number of rotatable bonds is 4. The summed E-state index contributed by atoms with van der Waals surface area (Å²) in [6.07, 6.45) is 2.06. The monoisotopic (exact) mass is 406 g/mol. The summed E-state index contributed by atoms with van der Waals surface area (Å²) in [6.45, 7) is 8.58. The van der Waals surface area contributed by atoms with Crippen molar-refractivity contribution in [2.45, 2.75) is 51.7 Å². The highest BCUT2D eigenvalue weighted by Crippen LogP contribution is 2.27. The van der Waals surface area contributed by atoms with E-state index in [1.807, 2.05) is 25.2 Å². The number of aromatic nitrogens is 2. The smallest absolute Gasteiger partial charge is 0.261 e. The summed E-state index contributed by atoms with van der Waals surface area (Å²) in [5.41, 5.74) is 0.801. The minimum absolute atomic E-state index is 0.0323. The van der Waals surface area contributed by atoms with E-state index in [1.165, 1.54) is 0 Å². The van der Waals surface area contributed by atoms with Crippen LogP contribution in [-0.4, -0.2) is 39.6 Å². The van der Waals surface area contributed by atoms with Gasteiger partial charge in [-0.25, -0.2) is 4.98 Å². The van der Waals surface area contributed by atoms with E-state index in [0.29, 0.717) is 17.5 Å². The Kier molecular flexibility index (Phi) is 5.61. The Morgan fingerprint density at radius 2 is 2.00 bits per heavy atom. The van der Waals surface area contributed by atoms with Crippen molar-refractivity contribution in [1.82, 2.24) is 19.8 Å². The van der Waals surface area contributed by atoms with E-state index in [0.717, 1.165) is 41.7 Å². The minimum Gasteiger partial charge on any atom is -0.309 e. The lowest BCUT2D eigenvalue weighted by molar-refractivity contribution is 0.109. The van der Waals surface area contributed by atoms with Gasteiger partial charge in [-0.2, -0.15) is 0 Å². The largest absolute Gasteiger partial charge is 0.309 e. The quantitative estimate of drug-likeness (QED) is 0.846. The van der Waals surface area contributed by atoms with Crippen molar-refractivity contribution >= 4 is 26.8 Å². The number of benzene rings is 1. The third-order valence-corrected chi connectivity index (χ3v) is 5.45. The molecule has 0 radical (unpaired) electrons. The molecule has 0 amide bonds. The van der Waals surface area contributed by atoms with E-state index in [2.05, 4.69) is 46.9 Å². The Morgan fingerprint density at radius 1 is 1.32 bits per heavy atom. The first kappa shape index (κ1) is 18.5. The highest BCUT2D eigenvalue weighted by atomic mass is 79.9. The zero-order valence-electron chi connectivity index (χ0n) is 15.4. The molecule has 2 aromatic rings. The lowest BCUT2D eigenvalue weighted by Crippen LogP contribution is -2.55. The van der Waals surface area contributed by atoms with Crippen LogP contribution in [0.15, 0.2) is 27.5 Å².